The topological polar surface area (TPSA) is 65.8 Å². The third-order valence-corrected chi connectivity index (χ3v) is 4.59. The molecule has 0 radical (unpaired) electrons. The molecule has 1 aromatic rings. The van der Waals surface area contributed by atoms with Crippen molar-refractivity contribution in [2.24, 2.45) is 5.41 Å². The molecule has 0 atom stereocenters. The first-order valence-corrected chi connectivity index (χ1v) is 7.06. The molecule has 1 aliphatic carbocycles. The lowest BCUT2D eigenvalue weighted by atomic mass is 9.74. The maximum atomic E-state index is 12.3. The average molecular weight is 263 g/mol. The first-order valence-electron chi connectivity index (χ1n) is 6.24. The fourth-order valence-corrected chi connectivity index (χ4v) is 3.10. The highest BCUT2D eigenvalue weighted by Gasteiger charge is 2.40. The molecule has 1 fully saturated rings. The predicted molar refractivity (Wildman–Crippen MR) is 71.3 cm³/mol. The van der Waals surface area contributed by atoms with Gasteiger partial charge < -0.3 is 5.32 Å². The smallest absolute Gasteiger partial charge is 0.246 e. The number of carbonyl (C=O) groups is 1. The van der Waals surface area contributed by atoms with Gasteiger partial charge in [0.1, 0.15) is 5.41 Å². The molecule has 1 aromatic heterocycles. The first kappa shape index (κ1) is 13.0. The van der Waals surface area contributed by atoms with Gasteiger partial charge in [0.05, 0.1) is 11.8 Å². The Morgan fingerprint density at radius 3 is 2.56 bits per heavy atom. The van der Waals surface area contributed by atoms with Gasteiger partial charge in [-0.15, -0.1) is 11.3 Å². The third kappa shape index (κ3) is 2.39. The number of aromatic nitrogens is 1. The molecule has 0 unspecified atom stereocenters. The third-order valence-electron chi connectivity index (χ3n) is 3.60. The molecule has 0 bridgehead atoms. The largest absolute Gasteiger partial charge is 0.301 e. The van der Waals surface area contributed by atoms with Crippen molar-refractivity contribution in [3.05, 3.63) is 10.6 Å². The van der Waals surface area contributed by atoms with Gasteiger partial charge in [0, 0.05) is 4.88 Å². The van der Waals surface area contributed by atoms with Crippen molar-refractivity contribution >= 4 is 22.4 Å². The Morgan fingerprint density at radius 2 is 2.06 bits per heavy atom. The molecular weight excluding hydrogens is 246 g/mol. The van der Waals surface area contributed by atoms with Crippen LogP contribution in [0.1, 0.15) is 42.7 Å². The zero-order chi connectivity index (χ0) is 13.2. The van der Waals surface area contributed by atoms with E-state index in [9.17, 15) is 10.1 Å². The van der Waals surface area contributed by atoms with E-state index in [-0.39, 0.29) is 5.91 Å². The van der Waals surface area contributed by atoms with Crippen LogP contribution in [0.5, 0.6) is 0 Å². The second kappa shape index (κ2) is 5.07. The Labute approximate surface area is 111 Å². The number of carbonyl (C=O) groups excluding carboxylic acids is 1. The van der Waals surface area contributed by atoms with Crippen LogP contribution in [0.3, 0.4) is 0 Å². The highest BCUT2D eigenvalue weighted by atomic mass is 32.1. The van der Waals surface area contributed by atoms with Crippen LogP contribution in [-0.2, 0) is 4.79 Å². The molecule has 0 saturated heterocycles. The Balaban J connectivity index is 2.13. The highest BCUT2D eigenvalue weighted by molar-refractivity contribution is 7.15. The molecule has 1 saturated carbocycles. The minimum atomic E-state index is -0.842. The summed E-state index contributed by atoms with van der Waals surface area (Å²) in [6.07, 6.45) is 4.36. The van der Waals surface area contributed by atoms with E-state index >= 15 is 0 Å². The summed E-state index contributed by atoms with van der Waals surface area (Å²) in [6, 6.07) is 2.22. The standard InChI is InChI=1S/C13H17N3OS/c1-9-10(2)18-12(15-9)16-11(17)13(8-14)6-4-3-5-7-13/h3-7H2,1-2H3,(H,15,16,17). The lowest BCUT2D eigenvalue weighted by Crippen LogP contribution is -2.36. The molecular formula is C13H17N3OS. The normalized spacial score (nSPS) is 18.1. The van der Waals surface area contributed by atoms with Crippen LogP contribution in [-0.4, -0.2) is 10.9 Å². The maximum absolute atomic E-state index is 12.3. The van der Waals surface area contributed by atoms with E-state index in [1.54, 1.807) is 0 Å². The van der Waals surface area contributed by atoms with E-state index in [0.29, 0.717) is 18.0 Å². The van der Waals surface area contributed by atoms with Gasteiger partial charge in [-0.3, -0.25) is 4.79 Å². The number of anilines is 1. The van der Waals surface area contributed by atoms with Gasteiger partial charge in [-0.05, 0) is 26.7 Å². The number of amides is 1. The number of nitrogens with one attached hydrogen (secondary N) is 1. The zero-order valence-electron chi connectivity index (χ0n) is 10.7. The van der Waals surface area contributed by atoms with Gasteiger partial charge in [-0.1, -0.05) is 19.3 Å². The summed E-state index contributed by atoms with van der Waals surface area (Å²) in [6.45, 7) is 3.89. The Morgan fingerprint density at radius 1 is 1.39 bits per heavy atom. The maximum Gasteiger partial charge on any atom is 0.246 e. The SMILES string of the molecule is Cc1nc(NC(=O)C2(C#N)CCCCC2)sc1C. The summed E-state index contributed by atoms with van der Waals surface area (Å²) >= 11 is 1.46. The quantitative estimate of drug-likeness (QED) is 0.891. The summed E-state index contributed by atoms with van der Waals surface area (Å²) in [5.41, 5.74) is 0.0936. The van der Waals surface area contributed by atoms with Crippen LogP contribution in [0.2, 0.25) is 0 Å². The van der Waals surface area contributed by atoms with Gasteiger partial charge in [0.15, 0.2) is 5.13 Å². The van der Waals surface area contributed by atoms with Gasteiger partial charge in [-0.25, -0.2) is 4.98 Å². The van der Waals surface area contributed by atoms with Gasteiger partial charge in [-0.2, -0.15) is 5.26 Å². The van der Waals surface area contributed by atoms with Gasteiger partial charge in [0.25, 0.3) is 0 Å². The van der Waals surface area contributed by atoms with Crippen LogP contribution in [0.25, 0.3) is 0 Å². The molecule has 96 valence electrons. The highest BCUT2D eigenvalue weighted by Crippen LogP contribution is 2.37. The summed E-state index contributed by atoms with van der Waals surface area (Å²) in [5, 5.41) is 12.7. The van der Waals surface area contributed by atoms with Crippen LogP contribution >= 0.6 is 11.3 Å². The molecule has 0 aromatic carbocycles. The minimum absolute atomic E-state index is 0.182. The van der Waals surface area contributed by atoms with Crippen molar-refractivity contribution in [2.45, 2.75) is 46.0 Å². The lowest BCUT2D eigenvalue weighted by molar-refractivity contribution is -0.124. The van der Waals surface area contributed by atoms with Crippen molar-refractivity contribution in [3.8, 4) is 6.07 Å². The molecule has 5 heteroatoms. The number of rotatable bonds is 2. The molecule has 1 N–H and O–H groups in total. The summed E-state index contributed by atoms with van der Waals surface area (Å²) < 4.78 is 0. The van der Waals surface area contributed by atoms with Gasteiger partial charge >= 0.3 is 0 Å². The van der Waals surface area contributed by atoms with Crippen molar-refractivity contribution in [1.29, 1.82) is 5.26 Å². The molecule has 1 aliphatic rings. The van der Waals surface area contributed by atoms with E-state index in [0.717, 1.165) is 29.8 Å². The number of nitriles is 1. The summed E-state index contributed by atoms with van der Waals surface area (Å²) in [7, 11) is 0. The second-order valence-electron chi connectivity index (χ2n) is 4.87. The fraction of sp³-hybridized carbons (Fsp3) is 0.615. The van der Waals surface area contributed by atoms with E-state index in [1.165, 1.54) is 11.3 Å². The predicted octanol–water partition coefficient (Wildman–Crippen LogP) is 3.17. The Bertz CT molecular complexity index is 475. The van der Waals surface area contributed by atoms with Crippen molar-refractivity contribution < 1.29 is 4.79 Å². The van der Waals surface area contributed by atoms with Crippen LogP contribution < -0.4 is 5.32 Å². The van der Waals surface area contributed by atoms with Crippen LogP contribution in [0, 0.1) is 30.6 Å². The van der Waals surface area contributed by atoms with Crippen molar-refractivity contribution in [2.75, 3.05) is 5.32 Å². The van der Waals surface area contributed by atoms with E-state index < -0.39 is 5.41 Å². The lowest BCUT2D eigenvalue weighted by Gasteiger charge is -2.28. The monoisotopic (exact) mass is 263 g/mol. The first-order chi connectivity index (χ1) is 8.57. The number of hydrogen-bond donors (Lipinski definition) is 1. The molecule has 1 heterocycles. The molecule has 4 nitrogen and oxygen atoms in total. The molecule has 18 heavy (non-hydrogen) atoms. The number of hydrogen-bond acceptors (Lipinski definition) is 4. The van der Waals surface area contributed by atoms with Crippen molar-refractivity contribution in [1.82, 2.24) is 4.98 Å². The minimum Gasteiger partial charge on any atom is -0.301 e. The Hall–Kier alpha value is -1.41. The summed E-state index contributed by atoms with van der Waals surface area (Å²) in [4.78, 5) is 17.7. The van der Waals surface area contributed by atoms with E-state index in [1.807, 2.05) is 13.8 Å². The molecule has 2 rings (SSSR count). The fourth-order valence-electron chi connectivity index (χ4n) is 2.29. The second-order valence-corrected chi connectivity index (χ2v) is 6.07. The number of nitrogens with zero attached hydrogens (tertiary/aromatic N) is 2. The number of thiazole rings is 1. The van der Waals surface area contributed by atoms with Gasteiger partial charge in [0.2, 0.25) is 5.91 Å². The Kier molecular flexibility index (Phi) is 3.67. The molecule has 1 amide bonds. The number of aryl methyl sites for hydroxylation is 2. The molecule has 0 aliphatic heterocycles. The van der Waals surface area contributed by atoms with E-state index in [2.05, 4.69) is 16.4 Å². The van der Waals surface area contributed by atoms with Crippen LogP contribution in [0.4, 0.5) is 5.13 Å². The zero-order valence-corrected chi connectivity index (χ0v) is 11.6. The average Bonchev–Trinajstić information content (AvgIpc) is 2.69. The molecule has 0 spiro atoms. The van der Waals surface area contributed by atoms with E-state index in [4.69, 9.17) is 0 Å². The van der Waals surface area contributed by atoms with Crippen molar-refractivity contribution in [3.63, 3.8) is 0 Å². The summed E-state index contributed by atoms with van der Waals surface area (Å²) in [5.74, 6) is -0.182. The van der Waals surface area contributed by atoms with Crippen LogP contribution in [0.15, 0.2) is 0 Å².